The van der Waals surface area contributed by atoms with Crippen molar-refractivity contribution in [2.24, 2.45) is 29.6 Å². The Balaban J connectivity index is 1.30. The first-order chi connectivity index (χ1) is 18.3. The number of amides is 2. The minimum absolute atomic E-state index is 0.0478. The number of carbonyl (C=O) groups excluding carboxylic acids is 2. The third kappa shape index (κ3) is 3.97. The summed E-state index contributed by atoms with van der Waals surface area (Å²) in [6, 6.07) is 23.9. The fraction of sp³-hybridized carbons (Fsp3) is 0.355. The smallest absolute Gasteiger partial charge is 0.238 e. The van der Waals surface area contributed by atoms with Gasteiger partial charge in [-0.15, -0.1) is 0 Å². The summed E-state index contributed by atoms with van der Waals surface area (Å²) in [5.41, 5.74) is 3.08. The molecule has 2 saturated heterocycles. The Morgan fingerprint density at radius 2 is 1.63 bits per heavy atom. The molecule has 2 heterocycles. The van der Waals surface area contributed by atoms with Crippen LogP contribution < -0.4 is 10.2 Å². The maximum absolute atomic E-state index is 13.9. The highest BCUT2D eigenvalue weighted by molar-refractivity contribution is 6.22. The zero-order chi connectivity index (χ0) is 26.6. The van der Waals surface area contributed by atoms with E-state index in [4.69, 9.17) is 4.74 Å². The summed E-state index contributed by atoms with van der Waals surface area (Å²) in [5, 5.41) is 25.3. The maximum Gasteiger partial charge on any atom is 0.238 e. The minimum atomic E-state index is -1.53. The van der Waals surface area contributed by atoms with Gasteiger partial charge in [0.1, 0.15) is 5.75 Å². The Bertz CT molecular complexity index is 1360. The second-order valence-electron chi connectivity index (χ2n) is 11.1. The zero-order valence-electron chi connectivity index (χ0n) is 21.5. The molecule has 3 aromatic rings. The molecular weight excluding hydrogens is 480 g/mol. The maximum atomic E-state index is 13.9. The van der Waals surface area contributed by atoms with Crippen LogP contribution in [0.2, 0.25) is 0 Å². The molecule has 1 aliphatic carbocycles. The lowest BCUT2D eigenvalue weighted by Gasteiger charge is -2.46. The first-order valence-electron chi connectivity index (χ1n) is 13.3. The van der Waals surface area contributed by atoms with Gasteiger partial charge in [0.2, 0.25) is 11.8 Å². The van der Waals surface area contributed by atoms with Crippen molar-refractivity contribution in [3.05, 3.63) is 84.4 Å². The number of rotatable bonds is 5. The van der Waals surface area contributed by atoms with Gasteiger partial charge in [-0.05, 0) is 72.9 Å². The van der Waals surface area contributed by atoms with E-state index in [9.17, 15) is 19.8 Å². The van der Waals surface area contributed by atoms with E-state index in [0.717, 1.165) is 16.9 Å². The van der Waals surface area contributed by atoms with E-state index in [1.54, 1.807) is 30.3 Å². The molecule has 3 N–H and O–H groups in total. The van der Waals surface area contributed by atoms with Crippen molar-refractivity contribution in [2.75, 3.05) is 10.2 Å². The van der Waals surface area contributed by atoms with E-state index >= 15 is 0 Å². The predicted molar refractivity (Wildman–Crippen MR) is 144 cm³/mol. The van der Waals surface area contributed by atoms with Crippen LogP contribution in [-0.4, -0.2) is 27.8 Å². The van der Waals surface area contributed by atoms with Crippen molar-refractivity contribution in [3.63, 3.8) is 0 Å². The lowest BCUT2D eigenvalue weighted by atomic mass is 9.62. The first-order valence-corrected chi connectivity index (χ1v) is 13.3. The summed E-state index contributed by atoms with van der Waals surface area (Å²) in [6.45, 7) is 4.03. The highest BCUT2D eigenvalue weighted by Gasteiger charge is 2.67. The molecular formula is C31H32N2O5. The average molecular weight is 513 g/mol. The Hall–Kier alpha value is -3.68. The number of aromatic hydroxyl groups is 1. The van der Waals surface area contributed by atoms with Gasteiger partial charge in [-0.2, -0.15) is 0 Å². The number of nitrogens with one attached hydrogen (secondary N) is 1. The number of hydrogen-bond donors (Lipinski definition) is 3. The summed E-state index contributed by atoms with van der Waals surface area (Å²) in [5.74, 6) is -3.85. The fourth-order valence-corrected chi connectivity index (χ4v) is 6.74. The van der Waals surface area contributed by atoms with Crippen LogP contribution in [-0.2, 0) is 14.3 Å². The minimum Gasteiger partial charge on any atom is -0.508 e. The number of imide groups is 1. The molecule has 2 aliphatic heterocycles. The van der Waals surface area contributed by atoms with Gasteiger partial charge < -0.3 is 20.3 Å². The molecule has 6 rings (SSSR count). The lowest BCUT2D eigenvalue weighted by molar-refractivity contribution is -0.276. The molecule has 0 spiro atoms. The Kier molecular flexibility index (Phi) is 6.00. The van der Waals surface area contributed by atoms with E-state index in [1.807, 2.05) is 62.4 Å². The van der Waals surface area contributed by atoms with Gasteiger partial charge in [-0.25, -0.2) is 0 Å². The molecule has 3 aromatic carbocycles. The highest BCUT2D eigenvalue weighted by atomic mass is 16.6. The van der Waals surface area contributed by atoms with E-state index in [-0.39, 0.29) is 29.4 Å². The largest absolute Gasteiger partial charge is 0.508 e. The quantitative estimate of drug-likeness (QED) is 0.397. The van der Waals surface area contributed by atoms with Crippen LogP contribution in [0.25, 0.3) is 0 Å². The number of ether oxygens (including phenoxy) is 1. The number of hydrogen-bond acceptors (Lipinski definition) is 6. The number of nitrogens with zero attached hydrogens (tertiary/aromatic N) is 1. The molecule has 38 heavy (non-hydrogen) atoms. The van der Waals surface area contributed by atoms with Crippen LogP contribution in [0.15, 0.2) is 78.9 Å². The Labute approximate surface area is 222 Å². The molecule has 3 fully saturated rings. The average Bonchev–Trinajstić information content (AvgIpc) is 3.38. The topological polar surface area (TPSA) is 99.1 Å². The van der Waals surface area contributed by atoms with Gasteiger partial charge in [0.05, 0.1) is 23.6 Å². The summed E-state index contributed by atoms with van der Waals surface area (Å²) < 4.78 is 6.33. The molecule has 0 unspecified atom stereocenters. The van der Waals surface area contributed by atoms with E-state index < -0.39 is 29.6 Å². The third-order valence-corrected chi connectivity index (χ3v) is 8.51. The van der Waals surface area contributed by atoms with Crippen LogP contribution in [0.3, 0.4) is 0 Å². The van der Waals surface area contributed by atoms with Crippen LogP contribution in [0, 0.1) is 29.6 Å². The van der Waals surface area contributed by atoms with Gasteiger partial charge in [0, 0.05) is 23.2 Å². The van der Waals surface area contributed by atoms with Gasteiger partial charge in [-0.3, -0.25) is 14.5 Å². The monoisotopic (exact) mass is 512 g/mol. The highest BCUT2D eigenvalue weighted by Crippen LogP contribution is 2.60. The third-order valence-electron chi connectivity index (χ3n) is 8.51. The molecule has 0 bridgehead atoms. The number of anilines is 3. The van der Waals surface area contributed by atoms with Gasteiger partial charge in [0.25, 0.3) is 0 Å². The second kappa shape index (κ2) is 9.26. The number of phenols is 1. The van der Waals surface area contributed by atoms with E-state index in [0.29, 0.717) is 18.5 Å². The predicted octanol–water partition coefficient (Wildman–Crippen LogP) is 5.38. The number of phenolic OH excluding ortho intramolecular Hbond substituents is 1. The summed E-state index contributed by atoms with van der Waals surface area (Å²) in [4.78, 5) is 28.9. The van der Waals surface area contributed by atoms with Crippen molar-refractivity contribution < 1.29 is 24.5 Å². The molecule has 6 atom stereocenters. The van der Waals surface area contributed by atoms with Crippen molar-refractivity contribution in [3.8, 4) is 5.75 Å². The normalized spacial score (nSPS) is 30.4. The Morgan fingerprint density at radius 3 is 2.32 bits per heavy atom. The SMILES string of the molecule is CC(C)[C@H]1C[C@@H]2C(=O)N(c3ccc(Nc4ccccc4)cc3)C(=O)[C@@H]2[C@@H]2C[C@@H](c3cccc(O)c3)O[C@]12O. The van der Waals surface area contributed by atoms with Crippen molar-refractivity contribution in [1.29, 1.82) is 0 Å². The van der Waals surface area contributed by atoms with Gasteiger partial charge in [0.15, 0.2) is 5.79 Å². The molecule has 196 valence electrons. The molecule has 3 aliphatic rings. The molecule has 0 aromatic heterocycles. The van der Waals surface area contributed by atoms with Crippen molar-refractivity contribution >= 4 is 28.9 Å². The van der Waals surface area contributed by atoms with Crippen LogP contribution in [0.5, 0.6) is 5.75 Å². The van der Waals surface area contributed by atoms with Crippen molar-refractivity contribution in [2.45, 2.75) is 38.6 Å². The fourth-order valence-electron chi connectivity index (χ4n) is 6.74. The van der Waals surface area contributed by atoms with Gasteiger partial charge >= 0.3 is 0 Å². The first kappa shape index (κ1) is 24.6. The zero-order valence-corrected chi connectivity index (χ0v) is 21.5. The number of fused-ring (bicyclic) bond motifs is 3. The Morgan fingerprint density at radius 1 is 0.921 bits per heavy atom. The number of carbonyl (C=O) groups is 2. The number of benzene rings is 3. The summed E-state index contributed by atoms with van der Waals surface area (Å²) in [6.07, 6.45) is 0.311. The molecule has 0 radical (unpaired) electrons. The molecule has 1 saturated carbocycles. The van der Waals surface area contributed by atoms with Crippen LogP contribution in [0.4, 0.5) is 17.1 Å². The van der Waals surface area contributed by atoms with E-state index in [2.05, 4.69) is 5.32 Å². The van der Waals surface area contributed by atoms with Crippen molar-refractivity contribution in [1.82, 2.24) is 0 Å². The lowest BCUT2D eigenvalue weighted by Crippen LogP contribution is -2.55. The second-order valence-corrected chi connectivity index (χ2v) is 11.1. The molecule has 7 nitrogen and oxygen atoms in total. The van der Waals surface area contributed by atoms with E-state index in [1.165, 1.54) is 4.90 Å². The number of para-hydroxylation sites is 1. The summed E-state index contributed by atoms with van der Waals surface area (Å²) >= 11 is 0. The van der Waals surface area contributed by atoms with Crippen LogP contribution >= 0.6 is 0 Å². The van der Waals surface area contributed by atoms with Gasteiger partial charge in [-0.1, -0.05) is 44.2 Å². The molecule has 7 heteroatoms. The summed E-state index contributed by atoms with van der Waals surface area (Å²) in [7, 11) is 0. The van der Waals surface area contributed by atoms with Crippen LogP contribution in [0.1, 0.15) is 38.4 Å². The number of aliphatic hydroxyl groups is 1. The molecule has 2 amide bonds. The standard InChI is InChI=1S/C31H32N2O5/c1-18(2)25-16-24-28(26-17-27(38-31(25,26)37)19-7-6-10-23(34)15-19)30(36)33(29(24)35)22-13-11-21(12-14-22)32-20-8-4-3-5-9-20/h3-15,18,24-28,32,34,37H,16-17H2,1-2H3/t24-,25+,26-,27-,28-,31+/m0/s1.